The quantitative estimate of drug-likeness (QED) is 0.452. The van der Waals surface area contributed by atoms with Crippen LogP contribution in [0.2, 0.25) is 5.02 Å². The number of nitriles is 1. The highest BCUT2D eigenvalue weighted by Crippen LogP contribution is 2.18. The van der Waals surface area contributed by atoms with Gasteiger partial charge >= 0.3 is 0 Å². The van der Waals surface area contributed by atoms with Gasteiger partial charge in [0.15, 0.2) is 6.17 Å². The van der Waals surface area contributed by atoms with Crippen LogP contribution < -0.4 is 0 Å². The van der Waals surface area contributed by atoms with Crippen molar-refractivity contribution in [3.8, 4) is 6.07 Å². The lowest BCUT2D eigenvalue weighted by molar-refractivity contribution is -0.119. The van der Waals surface area contributed by atoms with Crippen molar-refractivity contribution in [2.24, 2.45) is 0 Å². The van der Waals surface area contributed by atoms with Gasteiger partial charge in [0.1, 0.15) is 0 Å². The molecule has 1 aromatic carbocycles. The molecule has 0 aliphatic carbocycles. The SMILES string of the molecule is N#CCCCC(F)C(=O)C(=O)c1ccccc1Cl. The molecule has 0 saturated heterocycles. The maximum atomic E-state index is 13.5. The maximum Gasteiger partial charge on any atom is 0.237 e. The molecule has 0 radical (unpaired) electrons. The van der Waals surface area contributed by atoms with E-state index < -0.39 is 17.7 Å². The van der Waals surface area contributed by atoms with E-state index in [9.17, 15) is 14.0 Å². The largest absolute Gasteiger partial charge is 0.287 e. The molecule has 1 atom stereocenters. The van der Waals surface area contributed by atoms with Gasteiger partial charge in [-0.15, -0.1) is 0 Å². The van der Waals surface area contributed by atoms with E-state index in [4.69, 9.17) is 16.9 Å². The highest BCUT2D eigenvalue weighted by Gasteiger charge is 2.26. The number of alkyl halides is 1. The van der Waals surface area contributed by atoms with E-state index in [1.54, 1.807) is 12.1 Å². The first-order valence-corrected chi connectivity index (χ1v) is 5.79. The molecule has 1 rings (SSSR count). The number of ketones is 2. The van der Waals surface area contributed by atoms with E-state index in [2.05, 4.69) is 0 Å². The van der Waals surface area contributed by atoms with Crippen LogP contribution in [0.25, 0.3) is 0 Å². The lowest BCUT2D eigenvalue weighted by atomic mass is 10.0. The van der Waals surface area contributed by atoms with Crippen molar-refractivity contribution in [3.63, 3.8) is 0 Å². The van der Waals surface area contributed by atoms with Crippen molar-refractivity contribution in [3.05, 3.63) is 34.9 Å². The zero-order valence-corrected chi connectivity index (χ0v) is 10.3. The summed E-state index contributed by atoms with van der Waals surface area (Å²) in [5.41, 5.74) is 0.00657. The van der Waals surface area contributed by atoms with E-state index >= 15 is 0 Å². The zero-order valence-electron chi connectivity index (χ0n) is 9.53. The van der Waals surface area contributed by atoms with Gasteiger partial charge in [0.05, 0.1) is 11.1 Å². The van der Waals surface area contributed by atoms with Gasteiger partial charge in [-0.2, -0.15) is 5.26 Å². The van der Waals surface area contributed by atoms with Crippen LogP contribution in [0.15, 0.2) is 24.3 Å². The number of nitrogens with zero attached hydrogens (tertiary/aromatic N) is 1. The molecule has 0 saturated carbocycles. The summed E-state index contributed by atoms with van der Waals surface area (Å²) in [5, 5.41) is 8.42. The van der Waals surface area contributed by atoms with E-state index in [0.717, 1.165) is 0 Å². The van der Waals surface area contributed by atoms with E-state index in [1.807, 2.05) is 6.07 Å². The summed E-state index contributed by atoms with van der Waals surface area (Å²) in [5.74, 6) is -2.04. The number of Topliss-reactive ketones (excluding diaryl/α,β-unsaturated/α-hetero) is 2. The molecule has 0 aliphatic rings. The fourth-order valence-corrected chi connectivity index (χ4v) is 1.63. The van der Waals surface area contributed by atoms with Gasteiger partial charge in [0.2, 0.25) is 11.6 Å². The van der Waals surface area contributed by atoms with E-state index in [-0.39, 0.29) is 29.8 Å². The van der Waals surface area contributed by atoms with Gasteiger partial charge in [-0.3, -0.25) is 9.59 Å². The summed E-state index contributed by atoms with van der Waals surface area (Å²) in [6.45, 7) is 0. The minimum Gasteiger partial charge on any atom is -0.287 e. The molecule has 0 spiro atoms. The molecule has 1 unspecified atom stereocenters. The number of rotatable bonds is 6. The summed E-state index contributed by atoms with van der Waals surface area (Å²) in [4.78, 5) is 23.2. The van der Waals surface area contributed by atoms with Crippen molar-refractivity contribution < 1.29 is 14.0 Å². The Morgan fingerprint density at radius 2 is 2.06 bits per heavy atom. The minimum atomic E-state index is -1.87. The Kier molecular flexibility index (Phi) is 5.47. The molecular formula is C13H11ClFNO2. The first-order chi connectivity index (χ1) is 8.57. The average molecular weight is 268 g/mol. The second kappa shape index (κ2) is 6.87. The average Bonchev–Trinajstić information content (AvgIpc) is 2.38. The lowest BCUT2D eigenvalue weighted by Gasteiger charge is -2.06. The van der Waals surface area contributed by atoms with Crippen LogP contribution in [0.5, 0.6) is 0 Å². The van der Waals surface area contributed by atoms with Crippen molar-refractivity contribution in [1.82, 2.24) is 0 Å². The Morgan fingerprint density at radius 1 is 1.39 bits per heavy atom. The topological polar surface area (TPSA) is 57.9 Å². The smallest absolute Gasteiger partial charge is 0.237 e. The Labute approximate surface area is 109 Å². The van der Waals surface area contributed by atoms with Crippen LogP contribution in [-0.4, -0.2) is 17.7 Å². The van der Waals surface area contributed by atoms with E-state index in [0.29, 0.717) is 0 Å². The molecule has 94 valence electrons. The van der Waals surface area contributed by atoms with Crippen molar-refractivity contribution in [2.45, 2.75) is 25.4 Å². The van der Waals surface area contributed by atoms with Crippen molar-refractivity contribution >= 4 is 23.2 Å². The van der Waals surface area contributed by atoms with Crippen LogP contribution in [0.4, 0.5) is 4.39 Å². The van der Waals surface area contributed by atoms with Crippen molar-refractivity contribution in [2.75, 3.05) is 0 Å². The molecular weight excluding hydrogens is 257 g/mol. The van der Waals surface area contributed by atoms with Crippen LogP contribution in [0.1, 0.15) is 29.6 Å². The predicted octanol–water partition coefficient (Wildman–Crippen LogP) is 3.12. The molecule has 0 heterocycles. The molecule has 0 aromatic heterocycles. The van der Waals surface area contributed by atoms with Crippen LogP contribution >= 0.6 is 11.6 Å². The summed E-state index contributed by atoms with van der Waals surface area (Å²) in [6.07, 6.45) is -1.59. The van der Waals surface area contributed by atoms with Gasteiger partial charge in [-0.05, 0) is 25.0 Å². The number of carbonyl (C=O) groups is 2. The molecule has 5 heteroatoms. The fraction of sp³-hybridized carbons (Fsp3) is 0.308. The monoisotopic (exact) mass is 267 g/mol. The Morgan fingerprint density at radius 3 is 2.67 bits per heavy atom. The fourth-order valence-electron chi connectivity index (χ4n) is 1.41. The van der Waals surface area contributed by atoms with Gasteiger partial charge in [-0.1, -0.05) is 23.7 Å². The first kappa shape index (κ1) is 14.3. The van der Waals surface area contributed by atoms with Gasteiger partial charge in [-0.25, -0.2) is 4.39 Å². The second-order valence-electron chi connectivity index (χ2n) is 3.69. The predicted molar refractivity (Wildman–Crippen MR) is 65.1 cm³/mol. The third-order valence-corrected chi connectivity index (χ3v) is 2.70. The van der Waals surface area contributed by atoms with Gasteiger partial charge in [0, 0.05) is 12.0 Å². The zero-order chi connectivity index (χ0) is 13.5. The maximum absolute atomic E-state index is 13.5. The molecule has 0 bridgehead atoms. The van der Waals surface area contributed by atoms with Crippen molar-refractivity contribution in [1.29, 1.82) is 5.26 Å². The number of benzene rings is 1. The Bertz CT molecular complexity index is 496. The summed E-state index contributed by atoms with van der Waals surface area (Å²) in [7, 11) is 0. The number of halogens is 2. The highest BCUT2D eigenvalue weighted by molar-refractivity contribution is 6.48. The molecule has 0 aliphatic heterocycles. The normalized spacial score (nSPS) is 11.6. The summed E-state index contributed by atoms with van der Waals surface area (Å²) < 4.78 is 13.5. The molecule has 0 amide bonds. The Balaban J connectivity index is 2.70. The number of unbranched alkanes of at least 4 members (excludes halogenated alkanes) is 1. The lowest BCUT2D eigenvalue weighted by Crippen LogP contribution is -2.25. The Hall–Kier alpha value is -1.73. The number of hydrogen-bond donors (Lipinski definition) is 0. The molecule has 1 aromatic rings. The van der Waals surface area contributed by atoms with Gasteiger partial charge in [0.25, 0.3) is 0 Å². The third-order valence-electron chi connectivity index (χ3n) is 2.37. The molecule has 0 N–H and O–H groups in total. The highest BCUT2D eigenvalue weighted by atomic mass is 35.5. The number of carbonyl (C=O) groups excluding carboxylic acids is 2. The molecule has 0 fully saturated rings. The summed E-state index contributed by atoms with van der Waals surface area (Å²) >= 11 is 5.76. The summed E-state index contributed by atoms with van der Waals surface area (Å²) in [6, 6.07) is 7.86. The minimum absolute atomic E-state index is 0.00657. The van der Waals surface area contributed by atoms with E-state index in [1.165, 1.54) is 12.1 Å². The first-order valence-electron chi connectivity index (χ1n) is 5.42. The standard InChI is InChI=1S/C13H11ClFNO2/c14-10-6-2-1-5-9(10)12(17)13(18)11(15)7-3-4-8-16/h1-2,5-6,11H,3-4,7H2. The molecule has 18 heavy (non-hydrogen) atoms. The second-order valence-corrected chi connectivity index (χ2v) is 4.10. The van der Waals surface area contributed by atoms with Gasteiger partial charge < -0.3 is 0 Å². The number of hydrogen-bond acceptors (Lipinski definition) is 3. The third kappa shape index (κ3) is 3.64. The van der Waals surface area contributed by atoms with Crippen LogP contribution in [-0.2, 0) is 4.79 Å². The van der Waals surface area contributed by atoms with Crippen LogP contribution in [0.3, 0.4) is 0 Å². The van der Waals surface area contributed by atoms with Crippen LogP contribution in [0, 0.1) is 11.3 Å². The molecule has 3 nitrogen and oxygen atoms in total.